The summed E-state index contributed by atoms with van der Waals surface area (Å²) in [5.74, 6) is 0. The number of fused-ring (bicyclic) bond motifs is 1. The number of benzene rings is 1. The molecule has 24 heavy (non-hydrogen) atoms. The van der Waals surface area contributed by atoms with E-state index in [0.29, 0.717) is 43.7 Å². The molecule has 1 aliphatic rings. The van der Waals surface area contributed by atoms with E-state index in [1.165, 1.54) is 6.07 Å². The number of piperazine rings is 1. The highest BCUT2D eigenvalue weighted by molar-refractivity contribution is 5.97. The summed E-state index contributed by atoms with van der Waals surface area (Å²) in [7, 11) is 0. The molecule has 8 heteroatoms. The fourth-order valence-corrected chi connectivity index (χ4v) is 2.90. The van der Waals surface area contributed by atoms with Crippen LogP contribution in [0.2, 0.25) is 0 Å². The van der Waals surface area contributed by atoms with Gasteiger partial charge < -0.3 is 14.5 Å². The Hall–Kier alpha value is -2.90. The predicted octanol–water partition coefficient (Wildman–Crippen LogP) is 2.42. The van der Waals surface area contributed by atoms with Crippen molar-refractivity contribution >= 4 is 28.4 Å². The largest absolute Gasteiger partial charge is 0.450 e. The molecule has 0 N–H and O–H groups in total. The standard InChI is InChI=1S/C16H18N4O4/c1-2-24-16(21)19-10-8-18(9-11-19)14-6-5-13(20(22)23)12-4-3-7-17-15(12)14/h3-7H,2,8-11H2,1H3. The predicted molar refractivity (Wildman–Crippen MR) is 89.2 cm³/mol. The van der Waals surface area contributed by atoms with E-state index in [1.807, 2.05) is 0 Å². The highest BCUT2D eigenvalue weighted by Gasteiger charge is 2.24. The molecule has 0 atom stereocenters. The van der Waals surface area contributed by atoms with Gasteiger partial charge in [0.2, 0.25) is 0 Å². The number of hydrogen-bond acceptors (Lipinski definition) is 6. The maximum atomic E-state index is 11.8. The van der Waals surface area contributed by atoms with Gasteiger partial charge in [-0.1, -0.05) is 0 Å². The molecule has 126 valence electrons. The third-order valence-electron chi connectivity index (χ3n) is 4.07. The molecule has 0 unspecified atom stereocenters. The van der Waals surface area contributed by atoms with E-state index < -0.39 is 4.92 Å². The average molecular weight is 330 g/mol. The van der Waals surface area contributed by atoms with Crippen LogP contribution in [0.5, 0.6) is 0 Å². The van der Waals surface area contributed by atoms with E-state index >= 15 is 0 Å². The Kier molecular flexibility index (Phi) is 4.45. The van der Waals surface area contributed by atoms with Gasteiger partial charge in [-0.3, -0.25) is 15.1 Å². The number of amides is 1. The number of carbonyl (C=O) groups excluding carboxylic acids is 1. The minimum atomic E-state index is -0.396. The number of aromatic nitrogens is 1. The molecule has 0 spiro atoms. The van der Waals surface area contributed by atoms with E-state index in [1.54, 1.807) is 36.2 Å². The quantitative estimate of drug-likeness (QED) is 0.634. The van der Waals surface area contributed by atoms with E-state index in [4.69, 9.17) is 4.74 Å². The summed E-state index contributed by atoms with van der Waals surface area (Å²) in [5, 5.41) is 11.7. The Morgan fingerprint density at radius 1 is 1.29 bits per heavy atom. The van der Waals surface area contributed by atoms with Crippen molar-refractivity contribution in [3.8, 4) is 0 Å². The number of anilines is 1. The molecular weight excluding hydrogens is 312 g/mol. The van der Waals surface area contributed by atoms with E-state index in [2.05, 4.69) is 9.88 Å². The second-order valence-electron chi connectivity index (χ2n) is 5.43. The number of nitrogens with zero attached hydrogens (tertiary/aromatic N) is 4. The fourth-order valence-electron chi connectivity index (χ4n) is 2.90. The van der Waals surface area contributed by atoms with Crippen molar-refractivity contribution in [1.29, 1.82) is 0 Å². The summed E-state index contributed by atoms with van der Waals surface area (Å²) in [5.41, 5.74) is 1.50. The SMILES string of the molecule is CCOC(=O)N1CCN(c2ccc([N+](=O)[O-])c3cccnc23)CC1. The van der Waals surface area contributed by atoms with Gasteiger partial charge in [0, 0.05) is 38.4 Å². The van der Waals surface area contributed by atoms with Gasteiger partial charge in [-0.2, -0.15) is 0 Å². The van der Waals surface area contributed by atoms with Crippen molar-refractivity contribution < 1.29 is 14.5 Å². The fraction of sp³-hybridized carbons (Fsp3) is 0.375. The number of pyridine rings is 1. The summed E-state index contributed by atoms with van der Waals surface area (Å²) in [6, 6.07) is 6.64. The molecule has 3 rings (SSSR count). The van der Waals surface area contributed by atoms with Crippen LogP contribution in [0.1, 0.15) is 6.92 Å². The zero-order chi connectivity index (χ0) is 17.1. The van der Waals surface area contributed by atoms with Crippen LogP contribution in [0.4, 0.5) is 16.2 Å². The van der Waals surface area contributed by atoms with Gasteiger partial charge in [-0.05, 0) is 25.1 Å². The van der Waals surface area contributed by atoms with Crippen LogP contribution in [-0.2, 0) is 4.74 Å². The zero-order valence-corrected chi connectivity index (χ0v) is 13.3. The summed E-state index contributed by atoms with van der Waals surface area (Å²) in [6.45, 7) is 4.48. The van der Waals surface area contributed by atoms with Crippen LogP contribution in [0.25, 0.3) is 10.9 Å². The number of carbonyl (C=O) groups is 1. The normalized spacial score (nSPS) is 14.7. The van der Waals surface area contributed by atoms with Crippen molar-refractivity contribution in [3.05, 3.63) is 40.6 Å². The van der Waals surface area contributed by atoms with Crippen LogP contribution >= 0.6 is 0 Å². The van der Waals surface area contributed by atoms with Crippen molar-refractivity contribution in [2.45, 2.75) is 6.92 Å². The lowest BCUT2D eigenvalue weighted by atomic mass is 10.1. The van der Waals surface area contributed by atoms with Gasteiger partial charge in [-0.25, -0.2) is 4.79 Å². The lowest BCUT2D eigenvalue weighted by Gasteiger charge is -2.35. The first-order chi connectivity index (χ1) is 11.6. The Morgan fingerprint density at radius 3 is 2.71 bits per heavy atom. The number of rotatable bonds is 3. The average Bonchev–Trinajstić information content (AvgIpc) is 2.61. The summed E-state index contributed by atoms with van der Waals surface area (Å²) < 4.78 is 5.02. The molecule has 0 aliphatic carbocycles. The molecule has 8 nitrogen and oxygen atoms in total. The van der Waals surface area contributed by atoms with Gasteiger partial charge in [-0.15, -0.1) is 0 Å². The topological polar surface area (TPSA) is 88.8 Å². The summed E-state index contributed by atoms with van der Waals surface area (Å²) in [6.07, 6.45) is 1.33. The Morgan fingerprint density at radius 2 is 2.04 bits per heavy atom. The third-order valence-corrected chi connectivity index (χ3v) is 4.07. The van der Waals surface area contributed by atoms with E-state index in [0.717, 1.165) is 5.69 Å². The van der Waals surface area contributed by atoms with Crippen LogP contribution in [0.3, 0.4) is 0 Å². The highest BCUT2D eigenvalue weighted by Crippen LogP contribution is 2.32. The van der Waals surface area contributed by atoms with E-state index in [-0.39, 0.29) is 11.8 Å². The van der Waals surface area contributed by atoms with Crippen molar-refractivity contribution in [3.63, 3.8) is 0 Å². The lowest BCUT2D eigenvalue weighted by Crippen LogP contribution is -2.49. The molecule has 1 fully saturated rings. The molecule has 1 aliphatic heterocycles. The van der Waals surface area contributed by atoms with Crippen LogP contribution in [0.15, 0.2) is 30.5 Å². The lowest BCUT2D eigenvalue weighted by molar-refractivity contribution is -0.383. The zero-order valence-electron chi connectivity index (χ0n) is 13.3. The van der Waals surface area contributed by atoms with Gasteiger partial charge >= 0.3 is 6.09 Å². The van der Waals surface area contributed by atoms with Crippen molar-refractivity contribution in [2.75, 3.05) is 37.7 Å². The van der Waals surface area contributed by atoms with Crippen LogP contribution < -0.4 is 4.90 Å². The number of ether oxygens (including phenoxy) is 1. The monoisotopic (exact) mass is 330 g/mol. The number of nitro groups is 1. The molecule has 2 heterocycles. The van der Waals surface area contributed by atoms with Crippen LogP contribution in [0, 0.1) is 10.1 Å². The molecule has 2 aromatic rings. The minimum Gasteiger partial charge on any atom is -0.450 e. The Balaban J connectivity index is 1.85. The van der Waals surface area contributed by atoms with Crippen molar-refractivity contribution in [1.82, 2.24) is 9.88 Å². The summed E-state index contributed by atoms with van der Waals surface area (Å²) in [4.78, 5) is 30.7. The first-order valence-electron chi connectivity index (χ1n) is 7.80. The molecule has 1 aromatic heterocycles. The molecule has 0 bridgehead atoms. The molecular formula is C16H18N4O4. The molecule has 0 radical (unpaired) electrons. The van der Waals surface area contributed by atoms with E-state index in [9.17, 15) is 14.9 Å². The van der Waals surface area contributed by atoms with Crippen molar-refractivity contribution in [2.24, 2.45) is 0 Å². The maximum Gasteiger partial charge on any atom is 0.409 e. The molecule has 1 amide bonds. The summed E-state index contributed by atoms with van der Waals surface area (Å²) >= 11 is 0. The Labute approximate surface area is 138 Å². The second kappa shape index (κ2) is 6.69. The first-order valence-corrected chi connectivity index (χ1v) is 7.80. The Bertz CT molecular complexity index is 772. The molecule has 1 saturated heterocycles. The van der Waals surface area contributed by atoms with Gasteiger partial charge in [0.1, 0.15) is 5.52 Å². The molecule has 0 saturated carbocycles. The van der Waals surface area contributed by atoms with Crippen LogP contribution in [-0.4, -0.2) is 53.7 Å². The third kappa shape index (κ3) is 2.94. The van der Waals surface area contributed by atoms with Gasteiger partial charge in [0.15, 0.2) is 0 Å². The molecule has 1 aromatic carbocycles. The second-order valence-corrected chi connectivity index (χ2v) is 5.43. The highest BCUT2D eigenvalue weighted by atomic mass is 16.6. The van der Waals surface area contributed by atoms with Gasteiger partial charge in [0.25, 0.3) is 5.69 Å². The maximum absolute atomic E-state index is 11.8. The smallest absolute Gasteiger partial charge is 0.409 e. The number of non-ortho nitro benzene ring substituents is 1. The number of nitro benzene ring substituents is 1. The number of hydrogen-bond donors (Lipinski definition) is 0. The van der Waals surface area contributed by atoms with Gasteiger partial charge in [0.05, 0.1) is 22.6 Å². The first kappa shape index (κ1) is 16.0. The minimum absolute atomic E-state index is 0.0482.